The van der Waals surface area contributed by atoms with E-state index in [1.807, 2.05) is 18.3 Å². The Labute approximate surface area is 123 Å². The molecule has 21 heavy (non-hydrogen) atoms. The second-order valence-corrected chi connectivity index (χ2v) is 4.61. The number of pyridine rings is 2. The lowest BCUT2D eigenvalue weighted by molar-refractivity contribution is 0.1000. The summed E-state index contributed by atoms with van der Waals surface area (Å²) in [5.74, 6) is 0.220. The van der Waals surface area contributed by atoms with E-state index in [-0.39, 0.29) is 0 Å². The maximum atomic E-state index is 11.1. The minimum atomic E-state index is -0.446. The van der Waals surface area contributed by atoms with Gasteiger partial charge in [-0.1, -0.05) is 6.07 Å². The van der Waals surface area contributed by atoms with Crippen molar-refractivity contribution in [1.82, 2.24) is 15.3 Å². The number of hydrogen-bond acceptors (Lipinski definition) is 5. The smallest absolute Gasteiger partial charge is 0.248 e. The molecule has 0 saturated carbocycles. The molecule has 6 nitrogen and oxygen atoms in total. The van der Waals surface area contributed by atoms with Crippen molar-refractivity contribution >= 4 is 11.7 Å². The second-order valence-electron chi connectivity index (χ2n) is 4.61. The number of anilines is 1. The van der Waals surface area contributed by atoms with Crippen molar-refractivity contribution in [1.29, 1.82) is 0 Å². The SMILES string of the molecule is NC(=O)c1ccnc(NCCCNCc2cccnc2)c1. The standard InChI is InChI=1S/C15H19N5O/c16-15(21)13-4-8-20-14(9-13)19-7-2-6-18-11-12-3-1-5-17-10-12/h1,3-5,8-10,18H,2,6-7,11H2,(H2,16,21)(H,19,20). The van der Waals surface area contributed by atoms with Crippen LogP contribution in [0.3, 0.4) is 0 Å². The fraction of sp³-hybridized carbons (Fsp3) is 0.267. The lowest BCUT2D eigenvalue weighted by Crippen LogP contribution is -2.18. The Morgan fingerprint density at radius 2 is 2.14 bits per heavy atom. The van der Waals surface area contributed by atoms with Gasteiger partial charge in [0.25, 0.3) is 0 Å². The van der Waals surface area contributed by atoms with Crippen LogP contribution in [0.2, 0.25) is 0 Å². The molecule has 0 radical (unpaired) electrons. The molecule has 0 atom stereocenters. The molecule has 0 bridgehead atoms. The fourth-order valence-electron chi connectivity index (χ4n) is 1.85. The summed E-state index contributed by atoms with van der Waals surface area (Å²) < 4.78 is 0. The average molecular weight is 285 g/mol. The van der Waals surface area contributed by atoms with Crippen molar-refractivity contribution in [2.24, 2.45) is 5.73 Å². The molecule has 6 heteroatoms. The third kappa shape index (κ3) is 5.19. The normalized spacial score (nSPS) is 10.3. The van der Waals surface area contributed by atoms with Gasteiger partial charge in [-0.25, -0.2) is 4.98 Å². The second kappa shape index (κ2) is 7.96. The maximum Gasteiger partial charge on any atom is 0.248 e. The first-order chi connectivity index (χ1) is 10.3. The highest BCUT2D eigenvalue weighted by atomic mass is 16.1. The van der Waals surface area contributed by atoms with Crippen molar-refractivity contribution in [2.45, 2.75) is 13.0 Å². The van der Waals surface area contributed by atoms with Crippen LogP contribution in [0.25, 0.3) is 0 Å². The molecule has 0 aliphatic carbocycles. The first-order valence-corrected chi connectivity index (χ1v) is 6.85. The van der Waals surface area contributed by atoms with Gasteiger partial charge in [-0.2, -0.15) is 0 Å². The molecule has 0 unspecified atom stereocenters. The predicted octanol–water partition coefficient (Wildman–Crippen LogP) is 1.17. The summed E-state index contributed by atoms with van der Waals surface area (Å²) in [6, 6.07) is 7.22. The summed E-state index contributed by atoms with van der Waals surface area (Å²) in [5, 5.41) is 6.51. The summed E-state index contributed by atoms with van der Waals surface area (Å²) in [6.45, 7) is 2.47. The summed E-state index contributed by atoms with van der Waals surface area (Å²) >= 11 is 0. The van der Waals surface area contributed by atoms with Gasteiger partial charge in [0, 0.05) is 37.2 Å². The fourth-order valence-corrected chi connectivity index (χ4v) is 1.85. The minimum absolute atomic E-state index is 0.446. The van der Waals surface area contributed by atoms with Crippen molar-refractivity contribution in [3.05, 3.63) is 54.0 Å². The Balaban J connectivity index is 1.64. The number of nitrogens with one attached hydrogen (secondary N) is 2. The van der Waals surface area contributed by atoms with E-state index in [9.17, 15) is 4.79 Å². The number of carbonyl (C=O) groups excluding carboxylic acids is 1. The van der Waals surface area contributed by atoms with E-state index in [1.54, 1.807) is 24.5 Å². The molecular formula is C15H19N5O. The van der Waals surface area contributed by atoms with Crippen molar-refractivity contribution in [3.8, 4) is 0 Å². The highest BCUT2D eigenvalue weighted by Crippen LogP contribution is 2.05. The molecule has 2 rings (SSSR count). The van der Waals surface area contributed by atoms with E-state index >= 15 is 0 Å². The first-order valence-electron chi connectivity index (χ1n) is 6.85. The number of carbonyl (C=O) groups is 1. The summed E-state index contributed by atoms with van der Waals surface area (Å²) in [7, 11) is 0. The van der Waals surface area contributed by atoms with Gasteiger partial charge in [0.15, 0.2) is 0 Å². The number of nitrogens with zero attached hydrogens (tertiary/aromatic N) is 2. The predicted molar refractivity (Wildman–Crippen MR) is 81.8 cm³/mol. The average Bonchev–Trinajstić information content (AvgIpc) is 2.52. The monoisotopic (exact) mass is 285 g/mol. The zero-order valence-electron chi connectivity index (χ0n) is 11.7. The van der Waals surface area contributed by atoms with E-state index in [0.29, 0.717) is 11.4 Å². The molecule has 2 aromatic rings. The third-order valence-electron chi connectivity index (χ3n) is 2.93. The van der Waals surface area contributed by atoms with Gasteiger partial charge >= 0.3 is 0 Å². The number of rotatable bonds is 8. The van der Waals surface area contributed by atoms with Gasteiger partial charge in [-0.05, 0) is 36.7 Å². The highest BCUT2D eigenvalue weighted by molar-refractivity contribution is 5.93. The van der Waals surface area contributed by atoms with Gasteiger partial charge < -0.3 is 16.4 Å². The van der Waals surface area contributed by atoms with E-state index in [2.05, 4.69) is 20.6 Å². The van der Waals surface area contributed by atoms with Gasteiger partial charge in [-0.15, -0.1) is 0 Å². The Morgan fingerprint density at radius 3 is 2.90 bits per heavy atom. The van der Waals surface area contributed by atoms with Gasteiger partial charge in [-0.3, -0.25) is 9.78 Å². The molecule has 0 aromatic carbocycles. The van der Waals surface area contributed by atoms with Crippen LogP contribution < -0.4 is 16.4 Å². The number of nitrogens with two attached hydrogens (primary N) is 1. The van der Waals surface area contributed by atoms with Crippen LogP contribution >= 0.6 is 0 Å². The first kappa shape index (κ1) is 14.9. The number of amides is 1. The number of primary amides is 1. The van der Waals surface area contributed by atoms with Crippen molar-refractivity contribution in [2.75, 3.05) is 18.4 Å². The molecule has 2 aromatic heterocycles. The minimum Gasteiger partial charge on any atom is -0.370 e. The van der Waals surface area contributed by atoms with Crippen LogP contribution in [-0.2, 0) is 6.54 Å². The van der Waals surface area contributed by atoms with Crippen LogP contribution in [0, 0.1) is 0 Å². The topological polar surface area (TPSA) is 92.9 Å². The molecule has 0 saturated heterocycles. The summed E-state index contributed by atoms with van der Waals surface area (Å²) in [5.41, 5.74) is 6.85. The highest BCUT2D eigenvalue weighted by Gasteiger charge is 2.01. The Morgan fingerprint density at radius 1 is 1.24 bits per heavy atom. The van der Waals surface area contributed by atoms with Crippen LogP contribution in [-0.4, -0.2) is 29.0 Å². The molecule has 0 aliphatic heterocycles. The molecule has 0 fully saturated rings. The molecule has 1 amide bonds. The zero-order valence-corrected chi connectivity index (χ0v) is 11.7. The number of aromatic nitrogens is 2. The van der Waals surface area contributed by atoms with Gasteiger partial charge in [0.1, 0.15) is 5.82 Å². The van der Waals surface area contributed by atoms with Crippen molar-refractivity contribution < 1.29 is 4.79 Å². The van der Waals surface area contributed by atoms with E-state index in [0.717, 1.165) is 26.1 Å². The zero-order chi connectivity index (χ0) is 14.9. The van der Waals surface area contributed by atoms with Crippen LogP contribution in [0.5, 0.6) is 0 Å². The molecule has 0 aliphatic rings. The largest absolute Gasteiger partial charge is 0.370 e. The summed E-state index contributed by atoms with van der Waals surface area (Å²) in [6.07, 6.45) is 6.14. The van der Waals surface area contributed by atoms with Crippen LogP contribution in [0.1, 0.15) is 22.3 Å². The lowest BCUT2D eigenvalue weighted by atomic mass is 10.2. The van der Waals surface area contributed by atoms with Gasteiger partial charge in [0.05, 0.1) is 0 Å². The van der Waals surface area contributed by atoms with Crippen molar-refractivity contribution in [3.63, 3.8) is 0 Å². The van der Waals surface area contributed by atoms with E-state index in [1.165, 1.54) is 5.56 Å². The molecule has 4 N–H and O–H groups in total. The van der Waals surface area contributed by atoms with Crippen LogP contribution in [0.4, 0.5) is 5.82 Å². The molecular weight excluding hydrogens is 266 g/mol. The Kier molecular flexibility index (Phi) is 5.66. The third-order valence-corrected chi connectivity index (χ3v) is 2.93. The maximum absolute atomic E-state index is 11.1. The molecule has 0 spiro atoms. The van der Waals surface area contributed by atoms with Crippen LogP contribution in [0.15, 0.2) is 42.9 Å². The molecule has 110 valence electrons. The summed E-state index contributed by atoms with van der Waals surface area (Å²) in [4.78, 5) is 19.3. The molecule has 2 heterocycles. The van der Waals surface area contributed by atoms with E-state index in [4.69, 9.17) is 5.73 Å². The number of hydrogen-bond donors (Lipinski definition) is 3. The lowest BCUT2D eigenvalue weighted by Gasteiger charge is -2.07. The quantitative estimate of drug-likeness (QED) is 0.633. The Bertz CT molecular complexity index is 573. The van der Waals surface area contributed by atoms with Gasteiger partial charge in [0.2, 0.25) is 5.91 Å². The Hall–Kier alpha value is -2.47. The van der Waals surface area contributed by atoms with E-state index < -0.39 is 5.91 Å².